The van der Waals surface area contributed by atoms with Crippen LogP contribution in [0.15, 0.2) is 42.6 Å². The third-order valence-electron chi connectivity index (χ3n) is 5.65. The third-order valence-corrected chi connectivity index (χ3v) is 5.65. The smallest absolute Gasteiger partial charge is 0.242 e. The van der Waals surface area contributed by atoms with Crippen LogP contribution in [0, 0.1) is 0 Å². The first kappa shape index (κ1) is 19.8. The number of benzene rings is 1. The molecule has 1 N–H and O–H groups in total. The van der Waals surface area contributed by atoms with Gasteiger partial charge in [0.2, 0.25) is 5.91 Å². The molecular weight excluding hydrogens is 362 g/mol. The number of amides is 1. The molecule has 0 unspecified atom stereocenters. The van der Waals surface area contributed by atoms with E-state index in [4.69, 9.17) is 4.74 Å². The Balaban J connectivity index is 0.00000210. The van der Waals surface area contributed by atoms with Gasteiger partial charge in [0.25, 0.3) is 0 Å². The Morgan fingerprint density at radius 1 is 1.26 bits per heavy atom. The second-order valence-electron chi connectivity index (χ2n) is 7.40. The van der Waals surface area contributed by atoms with Gasteiger partial charge in [0.05, 0.1) is 18.3 Å². The van der Waals surface area contributed by atoms with Crippen molar-refractivity contribution in [3.05, 3.63) is 53.9 Å². The summed E-state index contributed by atoms with van der Waals surface area (Å²) < 4.78 is 5.24. The molecule has 2 aliphatic heterocycles. The van der Waals surface area contributed by atoms with E-state index in [9.17, 15) is 4.79 Å². The molecule has 1 aromatic heterocycles. The van der Waals surface area contributed by atoms with Gasteiger partial charge in [-0.3, -0.25) is 15.1 Å². The SMILES string of the molecule is COCc1cccc(-c2ccnc([C@H]3CC[C@@]4(CCN(C)C4=O)N3)c2)c1.Cl. The van der Waals surface area contributed by atoms with Gasteiger partial charge >= 0.3 is 0 Å². The largest absolute Gasteiger partial charge is 0.380 e. The number of aromatic nitrogens is 1. The number of carbonyl (C=O) groups excluding carboxylic acids is 1. The first-order valence-electron chi connectivity index (χ1n) is 9.19. The van der Waals surface area contributed by atoms with Gasteiger partial charge in [0.1, 0.15) is 5.54 Å². The molecule has 2 fully saturated rings. The minimum absolute atomic E-state index is 0. The van der Waals surface area contributed by atoms with Gasteiger partial charge in [-0.05, 0) is 54.2 Å². The fourth-order valence-corrected chi connectivity index (χ4v) is 4.21. The summed E-state index contributed by atoms with van der Waals surface area (Å²) in [5.74, 6) is 0.225. The zero-order valence-corrected chi connectivity index (χ0v) is 16.6. The molecule has 0 bridgehead atoms. The van der Waals surface area contributed by atoms with Gasteiger partial charge in [-0.25, -0.2) is 0 Å². The monoisotopic (exact) mass is 387 g/mol. The highest BCUT2D eigenvalue weighted by Gasteiger charge is 2.50. The van der Waals surface area contributed by atoms with E-state index in [-0.39, 0.29) is 29.9 Å². The fourth-order valence-electron chi connectivity index (χ4n) is 4.21. The molecule has 0 saturated carbocycles. The van der Waals surface area contributed by atoms with Gasteiger partial charge in [-0.15, -0.1) is 12.4 Å². The Morgan fingerprint density at radius 3 is 2.81 bits per heavy atom. The summed E-state index contributed by atoms with van der Waals surface area (Å²) in [6.07, 6.45) is 4.58. The average Bonchev–Trinajstić information content (AvgIpc) is 3.22. The highest BCUT2D eigenvalue weighted by Crippen LogP contribution is 2.39. The van der Waals surface area contributed by atoms with Crippen molar-refractivity contribution in [1.82, 2.24) is 15.2 Å². The van der Waals surface area contributed by atoms with Crippen molar-refractivity contribution in [3.63, 3.8) is 0 Å². The van der Waals surface area contributed by atoms with Gasteiger partial charge in [-0.2, -0.15) is 0 Å². The molecule has 144 valence electrons. The van der Waals surface area contributed by atoms with Crippen molar-refractivity contribution < 1.29 is 9.53 Å². The average molecular weight is 388 g/mol. The number of pyridine rings is 1. The molecule has 2 aromatic rings. The molecule has 3 heterocycles. The number of likely N-dealkylation sites (tertiary alicyclic amines) is 1. The molecule has 5 nitrogen and oxygen atoms in total. The van der Waals surface area contributed by atoms with Crippen LogP contribution >= 0.6 is 12.4 Å². The van der Waals surface area contributed by atoms with Gasteiger partial charge in [0, 0.05) is 26.9 Å². The van der Waals surface area contributed by atoms with Crippen molar-refractivity contribution in [1.29, 1.82) is 0 Å². The predicted molar refractivity (Wildman–Crippen MR) is 108 cm³/mol. The number of likely N-dealkylation sites (N-methyl/N-ethyl adjacent to an activating group) is 1. The molecule has 2 aliphatic rings. The fraction of sp³-hybridized carbons (Fsp3) is 0.429. The van der Waals surface area contributed by atoms with Gasteiger partial charge in [0.15, 0.2) is 0 Å². The molecule has 27 heavy (non-hydrogen) atoms. The Kier molecular flexibility index (Phi) is 5.84. The van der Waals surface area contributed by atoms with Crippen LogP contribution in [0.25, 0.3) is 11.1 Å². The van der Waals surface area contributed by atoms with Crippen LogP contribution in [0.2, 0.25) is 0 Å². The number of nitrogens with one attached hydrogen (secondary N) is 1. The van der Waals surface area contributed by atoms with Crippen molar-refractivity contribution >= 4 is 18.3 Å². The Bertz CT molecular complexity index is 829. The first-order valence-corrected chi connectivity index (χ1v) is 9.19. The van der Waals surface area contributed by atoms with E-state index in [0.717, 1.165) is 48.2 Å². The van der Waals surface area contributed by atoms with E-state index < -0.39 is 0 Å². The number of ether oxygens (including phenoxy) is 1. The molecule has 2 atom stereocenters. The molecular formula is C21H26ClN3O2. The minimum atomic E-state index is -0.379. The predicted octanol–water partition coefficient (Wildman–Crippen LogP) is 3.34. The maximum Gasteiger partial charge on any atom is 0.242 e. The third kappa shape index (κ3) is 3.72. The number of nitrogens with zero attached hydrogens (tertiary/aromatic N) is 2. The van der Waals surface area contributed by atoms with Crippen molar-refractivity contribution in [2.75, 3.05) is 20.7 Å². The van der Waals surface area contributed by atoms with E-state index in [1.165, 1.54) is 0 Å². The number of carbonyl (C=O) groups is 1. The van der Waals surface area contributed by atoms with Crippen molar-refractivity contribution in [2.24, 2.45) is 0 Å². The van der Waals surface area contributed by atoms with Crippen LogP contribution in [0.5, 0.6) is 0 Å². The summed E-state index contributed by atoms with van der Waals surface area (Å²) >= 11 is 0. The zero-order chi connectivity index (χ0) is 18.1. The van der Waals surface area contributed by atoms with Crippen molar-refractivity contribution in [3.8, 4) is 11.1 Å². The van der Waals surface area contributed by atoms with E-state index in [1.54, 1.807) is 7.11 Å². The summed E-state index contributed by atoms with van der Waals surface area (Å²) in [4.78, 5) is 19.0. The highest BCUT2D eigenvalue weighted by atomic mass is 35.5. The molecule has 1 spiro atoms. The number of hydrogen-bond acceptors (Lipinski definition) is 4. The number of rotatable bonds is 4. The van der Waals surface area contributed by atoms with E-state index in [0.29, 0.717) is 6.61 Å². The number of hydrogen-bond donors (Lipinski definition) is 1. The van der Waals surface area contributed by atoms with E-state index >= 15 is 0 Å². The van der Waals surface area contributed by atoms with Gasteiger partial charge < -0.3 is 9.64 Å². The lowest BCUT2D eigenvalue weighted by molar-refractivity contribution is -0.131. The summed E-state index contributed by atoms with van der Waals surface area (Å²) in [6.45, 7) is 1.44. The van der Waals surface area contributed by atoms with Crippen LogP contribution in [0.4, 0.5) is 0 Å². The quantitative estimate of drug-likeness (QED) is 0.874. The zero-order valence-electron chi connectivity index (χ0n) is 15.8. The summed E-state index contributed by atoms with van der Waals surface area (Å²) in [6, 6.07) is 12.7. The summed E-state index contributed by atoms with van der Waals surface area (Å²) in [5, 5.41) is 3.60. The molecule has 0 radical (unpaired) electrons. The molecule has 6 heteroatoms. The van der Waals surface area contributed by atoms with Crippen LogP contribution in [-0.2, 0) is 16.1 Å². The molecule has 2 saturated heterocycles. The minimum Gasteiger partial charge on any atom is -0.380 e. The van der Waals surface area contributed by atoms with Crippen molar-refractivity contribution in [2.45, 2.75) is 37.5 Å². The Hall–Kier alpha value is -1.95. The summed E-state index contributed by atoms with van der Waals surface area (Å²) in [5.41, 5.74) is 4.09. The van der Waals surface area contributed by atoms with E-state index in [1.807, 2.05) is 24.2 Å². The number of halogens is 1. The lowest BCUT2D eigenvalue weighted by Gasteiger charge is -2.23. The molecule has 1 amide bonds. The second kappa shape index (κ2) is 7.97. The maximum absolute atomic E-state index is 12.5. The van der Waals surface area contributed by atoms with Gasteiger partial charge in [-0.1, -0.05) is 18.2 Å². The molecule has 4 rings (SSSR count). The topological polar surface area (TPSA) is 54.5 Å². The lowest BCUT2D eigenvalue weighted by Crippen LogP contribution is -2.47. The van der Waals surface area contributed by atoms with Crippen LogP contribution in [-0.4, -0.2) is 42.0 Å². The lowest BCUT2D eigenvalue weighted by atomic mass is 9.96. The Labute approximate surface area is 166 Å². The summed E-state index contributed by atoms with van der Waals surface area (Å²) in [7, 11) is 3.60. The second-order valence-corrected chi connectivity index (χ2v) is 7.40. The highest BCUT2D eigenvalue weighted by molar-refractivity contribution is 5.88. The standard InChI is InChI=1S/C21H25N3O2.ClH/c1-24-11-9-21(20(24)25)8-6-18(23-21)19-13-17(7-10-22-19)16-5-3-4-15(12-16)14-26-2;/h3-5,7,10,12-13,18,23H,6,8-9,11,14H2,1-2H3;1H/t18-,21+;/m1./s1. The normalized spacial score (nSPS) is 24.4. The Morgan fingerprint density at radius 2 is 2.07 bits per heavy atom. The molecule has 0 aliphatic carbocycles. The van der Waals surface area contributed by atoms with E-state index in [2.05, 4.69) is 40.6 Å². The number of methoxy groups -OCH3 is 1. The maximum atomic E-state index is 12.5. The van der Waals surface area contributed by atoms with Crippen LogP contribution < -0.4 is 5.32 Å². The first-order chi connectivity index (χ1) is 12.6. The molecule has 1 aromatic carbocycles. The van der Waals surface area contributed by atoms with Crippen LogP contribution in [0.3, 0.4) is 0 Å². The van der Waals surface area contributed by atoms with Crippen LogP contribution in [0.1, 0.15) is 36.6 Å².